The standard InChI is InChI=1S/C26H33N3O2/c1-19-11-14-28(15-12-19)26(31)25-23-10-6-5-8-21(23)13-16-29(25)18-24(30)27-17-22-9-4-3-7-20(22)2/h3-10,19,25H,11-18H2,1-2H3,(H,27,30). The van der Waals surface area contributed by atoms with Crippen molar-refractivity contribution in [2.75, 3.05) is 26.2 Å². The van der Waals surface area contributed by atoms with Gasteiger partial charge in [-0.05, 0) is 54.4 Å². The van der Waals surface area contributed by atoms with Gasteiger partial charge in [-0.3, -0.25) is 14.5 Å². The molecule has 2 aliphatic rings. The molecular weight excluding hydrogens is 386 g/mol. The monoisotopic (exact) mass is 419 g/mol. The summed E-state index contributed by atoms with van der Waals surface area (Å²) in [5, 5.41) is 3.05. The number of nitrogens with one attached hydrogen (secondary N) is 1. The Morgan fingerprint density at radius 1 is 1.00 bits per heavy atom. The Morgan fingerprint density at radius 3 is 2.48 bits per heavy atom. The Labute approximate surface area is 185 Å². The zero-order valence-corrected chi connectivity index (χ0v) is 18.6. The van der Waals surface area contributed by atoms with Gasteiger partial charge in [0, 0.05) is 26.2 Å². The molecule has 0 aliphatic carbocycles. The fraction of sp³-hybridized carbons (Fsp3) is 0.462. The van der Waals surface area contributed by atoms with E-state index in [2.05, 4.69) is 42.3 Å². The van der Waals surface area contributed by atoms with Crippen molar-refractivity contribution in [1.29, 1.82) is 0 Å². The van der Waals surface area contributed by atoms with E-state index >= 15 is 0 Å². The van der Waals surface area contributed by atoms with Crippen molar-refractivity contribution in [1.82, 2.24) is 15.1 Å². The summed E-state index contributed by atoms with van der Waals surface area (Å²) >= 11 is 0. The molecule has 2 heterocycles. The van der Waals surface area contributed by atoms with Gasteiger partial charge in [-0.15, -0.1) is 0 Å². The van der Waals surface area contributed by atoms with Crippen LogP contribution in [0.15, 0.2) is 48.5 Å². The van der Waals surface area contributed by atoms with Crippen LogP contribution in [0.25, 0.3) is 0 Å². The van der Waals surface area contributed by atoms with Crippen molar-refractivity contribution in [2.24, 2.45) is 5.92 Å². The highest BCUT2D eigenvalue weighted by Crippen LogP contribution is 2.32. The lowest BCUT2D eigenvalue weighted by Gasteiger charge is -2.40. The molecule has 31 heavy (non-hydrogen) atoms. The number of rotatable bonds is 5. The predicted molar refractivity (Wildman–Crippen MR) is 122 cm³/mol. The molecule has 0 radical (unpaired) electrons. The van der Waals surface area contributed by atoms with Crippen molar-refractivity contribution >= 4 is 11.8 Å². The van der Waals surface area contributed by atoms with Crippen molar-refractivity contribution in [3.8, 4) is 0 Å². The summed E-state index contributed by atoms with van der Waals surface area (Å²) in [5.41, 5.74) is 4.57. The third-order valence-corrected chi connectivity index (χ3v) is 6.80. The topological polar surface area (TPSA) is 52.7 Å². The highest BCUT2D eigenvalue weighted by Gasteiger charge is 2.37. The van der Waals surface area contributed by atoms with Gasteiger partial charge in [0.25, 0.3) is 0 Å². The largest absolute Gasteiger partial charge is 0.351 e. The molecule has 1 saturated heterocycles. The lowest BCUT2D eigenvalue weighted by Crippen LogP contribution is -2.50. The quantitative estimate of drug-likeness (QED) is 0.807. The Balaban J connectivity index is 1.48. The van der Waals surface area contributed by atoms with Gasteiger partial charge in [0.15, 0.2) is 0 Å². The Kier molecular flexibility index (Phi) is 6.71. The molecule has 2 aromatic rings. The van der Waals surface area contributed by atoms with Crippen LogP contribution in [0.2, 0.25) is 0 Å². The normalized spacial score (nSPS) is 19.7. The Morgan fingerprint density at radius 2 is 1.71 bits per heavy atom. The van der Waals surface area contributed by atoms with E-state index < -0.39 is 0 Å². The smallest absolute Gasteiger partial charge is 0.244 e. The van der Waals surface area contributed by atoms with E-state index in [1.54, 1.807) is 0 Å². The molecule has 2 amide bonds. The van der Waals surface area contributed by atoms with Crippen molar-refractivity contribution in [2.45, 2.75) is 45.7 Å². The van der Waals surface area contributed by atoms with Crippen LogP contribution in [-0.2, 0) is 22.6 Å². The summed E-state index contributed by atoms with van der Waals surface area (Å²) in [7, 11) is 0. The van der Waals surface area contributed by atoms with Crippen LogP contribution in [0, 0.1) is 12.8 Å². The molecule has 0 saturated carbocycles. The lowest BCUT2D eigenvalue weighted by atomic mass is 9.90. The van der Waals surface area contributed by atoms with Crippen molar-refractivity contribution < 1.29 is 9.59 Å². The van der Waals surface area contributed by atoms with E-state index in [1.807, 2.05) is 35.2 Å². The second kappa shape index (κ2) is 9.65. The molecule has 2 aromatic carbocycles. The minimum Gasteiger partial charge on any atom is -0.351 e. The summed E-state index contributed by atoms with van der Waals surface area (Å²) in [6.45, 7) is 7.40. The molecule has 0 spiro atoms. The van der Waals surface area contributed by atoms with E-state index in [9.17, 15) is 9.59 Å². The number of carbonyl (C=O) groups is 2. The maximum Gasteiger partial charge on any atom is 0.244 e. The summed E-state index contributed by atoms with van der Waals surface area (Å²) < 4.78 is 0. The number of hydrogen-bond acceptors (Lipinski definition) is 3. The third kappa shape index (κ3) is 4.99. The predicted octanol–water partition coefficient (Wildman–Crippen LogP) is 3.47. The first kappa shape index (κ1) is 21.6. The average Bonchev–Trinajstić information content (AvgIpc) is 2.78. The second-order valence-corrected chi connectivity index (χ2v) is 9.03. The van der Waals surface area contributed by atoms with Crippen molar-refractivity contribution in [3.63, 3.8) is 0 Å². The second-order valence-electron chi connectivity index (χ2n) is 9.03. The number of aryl methyl sites for hydroxylation is 1. The van der Waals surface area contributed by atoms with Gasteiger partial charge >= 0.3 is 0 Å². The van der Waals surface area contributed by atoms with Crippen LogP contribution in [-0.4, -0.2) is 47.8 Å². The van der Waals surface area contributed by atoms with Gasteiger partial charge < -0.3 is 10.2 Å². The van der Waals surface area contributed by atoms with E-state index in [0.717, 1.165) is 50.0 Å². The molecule has 5 heteroatoms. The van der Waals surface area contributed by atoms with Gasteiger partial charge in [0.1, 0.15) is 6.04 Å². The highest BCUT2D eigenvalue weighted by molar-refractivity contribution is 5.85. The first-order valence-corrected chi connectivity index (χ1v) is 11.4. The maximum absolute atomic E-state index is 13.6. The van der Waals surface area contributed by atoms with Crippen LogP contribution >= 0.6 is 0 Å². The summed E-state index contributed by atoms with van der Waals surface area (Å²) in [6, 6.07) is 15.9. The van der Waals surface area contributed by atoms with E-state index in [1.165, 1.54) is 11.1 Å². The molecule has 1 N–H and O–H groups in total. The molecular formula is C26H33N3O2. The molecule has 1 atom stereocenters. The number of likely N-dealkylation sites (tertiary alicyclic amines) is 1. The zero-order valence-electron chi connectivity index (χ0n) is 18.6. The summed E-state index contributed by atoms with van der Waals surface area (Å²) in [4.78, 5) is 30.5. The lowest BCUT2D eigenvalue weighted by molar-refractivity contribution is -0.140. The molecule has 0 bridgehead atoms. The Hall–Kier alpha value is -2.66. The first-order valence-electron chi connectivity index (χ1n) is 11.4. The minimum absolute atomic E-state index is 0.0345. The number of amides is 2. The number of piperidine rings is 1. The zero-order chi connectivity index (χ0) is 21.8. The van der Waals surface area contributed by atoms with Crippen LogP contribution in [0.4, 0.5) is 0 Å². The van der Waals surface area contributed by atoms with Gasteiger partial charge in [-0.25, -0.2) is 0 Å². The summed E-state index contributed by atoms with van der Waals surface area (Å²) in [6.07, 6.45) is 2.97. The SMILES string of the molecule is Cc1ccccc1CNC(=O)CN1CCc2ccccc2C1C(=O)N1CCC(C)CC1. The fourth-order valence-electron chi connectivity index (χ4n) is 4.72. The Bertz CT molecular complexity index is 934. The third-order valence-electron chi connectivity index (χ3n) is 6.80. The van der Waals surface area contributed by atoms with E-state index in [0.29, 0.717) is 12.5 Å². The molecule has 5 nitrogen and oxygen atoms in total. The molecule has 2 aliphatic heterocycles. The van der Waals surface area contributed by atoms with Crippen LogP contribution in [0.3, 0.4) is 0 Å². The molecule has 164 valence electrons. The van der Waals surface area contributed by atoms with Gasteiger partial charge in [-0.2, -0.15) is 0 Å². The molecule has 0 aromatic heterocycles. The molecule has 1 fully saturated rings. The number of fused-ring (bicyclic) bond motifs is 1. The van der Waals surface area contributed by atoms with E-state index in [-0.39, 0.29) is 24.4 Å². The minimum atomic E-state index is -0.373. The van der Waals surface area contributed by atoms with Crippen LogP contribution in [0.1, 0.15) is 48.1 Å². The van der Waals surface area contributed by atoms with Gasteiger partial charge in [-0.1, -0.05) is 55.5 Å². The fourth-order valence-corrected chi connectivity index (χ4v) is 4.72. The maximum atomic E-state index is 13.6. The van der Waals surface area contributed by atoms with Gasteiger partial charge in [0.05, 0.1) is 6.54 Å². The number of benzene rings is 2. The molecule has 4 rings (SSSR count). The number of hydrogen-bond donors (Lipinski definition) is 1. The van der Waals surface area contributed by atoms with E-state index in [4.69, 9.17) is 0 Å². The first-order chi connectivity index (χ1) is 15.0. The van der Waals surface area contributed by atoms with Crippen molar-refractivity contribution in [3.05, 3.63) is 70.8 Å². The molecule has 1 unspecified atom stereocenters. The number of carbonyl (C=O) groups excluding carboxylic acids is 2. The number of nitrogens with zero attached hydrogens (tertiary/aromatic N) is 2. The van der Waals surface area contributed by atoms with Crippen LogP contribution in [0.5, 0.6) is 0 Å². The highest BCUT2D eigenvalue weighted by atomic mass is 16.2. The van der Waals surface area contributed by atoms with Gasteiger partial charge in [0.2, 0.25) is 11.8 Å². The summed E-state index contributed by atoms with van der Waals surface area (Å²) in [5.74, 6) is 0.782. The van der Waals surface area contributed by atoms with Crippen LogP contribution < -0.4 is 5.32 Å². The average molecular weight is 420 g/mol.